The lowest BCUT2D eigenvalue weighted by atomic mass is 10.1. The number of aliphatic hydroxyl groups excluding tert-OH is 1. The Balaban J connectivity index is 1.61. The molecule has 1 amide bonds. The van der Waals surface area contributed by atoms with Crippen molar-refractivity contribution in [3.05, 3.63) is 82.7 Å². The van der Waals surface area contributed by atoms with Gasteiger partial charge < -0.3 is 15.0 Å². The van der Waals surface area contributed by atoms with Gasteiger partial charge in [0.2, 0.25) is 5.91 Å². The van der Waals surface area contributed by atoms with E-state index in [1.54, 1.807) is 4.57 Å². The first-order chi connectivity index (χ1) is 14.8. The minimum absolute atomic E-state index is 0.0168. The van der Waals surface area contributed by atoms with E-state index < -0.39 is 11.7 Å². The van der Waals surface area contributed by atoms with Crippen LogP contribution in [0.15, 0.2) is 59.9 Å². The minimum atomic E-state index is -4.37. The third-order valence-electron chi connectivity index (χ3n) is 4.62. The summed E-state index contributed by atoms with van der Waals surface area (Å²) in [6.07, 6.45) is -2.88. The van der Waals surface area contributed by atoms with Gasteiger partial charge in [-0.05, 0) is 30.2 Å². The summed E-state index contributed by atoms with van der Waals surface area (Å²) >= 11 is 1.29. The molecule has 0 aliphatic heterocycles. The molecule has 0 bridgehead atoms. The number of hydrogen-bond acceptors (Lipinski definition) is 4. The van der Waals surface area contributed by atoms with Crippen LogP contribution in [0.1, 0.15) is 27.9 Å². The highest BCUT2D eigenvalue weighted by Gasteiger charge is 2.29. The summed E-state index contributed by atoms with van der Waals surface area (Å²) in [7, 11) is 0. The second kappa shape index (κ2) is 10.0. The van der Waals surface area contributed by atoms with Gasteiger partial charge in [-0.2, -0.15) is 13.2 Å². The average molecular weight is 449 g/mol. The topological polar surface area (TPSA) is 67.2 Å². The Bertz CT molecular complexity index is 1020. The van der Waals surface area contributed by atoms with Crippen LogP contribution in [0.3, 0.4) is 0 Å². The fourth-order valence-corrected chi connectivity index (χ4v) is 3.80. The second-order valence-corrected chi connectivity index (χ2v) is 7.96. The van der Waals surface area contributed by atoms with Crippen molar-refractivity contribution in [1.29, 1.82) is 0 Å². The summed E-state index contributed by atoms with van der Waals surface area (Å²) in [6.45, 7) is 2.08. The zero-order valence-electron chi connectivity index (χ0n) is 16.8. The predicted octanol–water partition coefficient (Wildman–Crippen LogP) is 4.31. The van der Waals surface area contributed by atoms with Gasteiger partial charge in [-0.1, -0.05) is 53.7 Å². The Morgan fingerprint density at radius 2 is 1.74 bits per heavy atom. The number of hydrogen-bond donors (Lipinski definition) is 2. The van der Waals surface area contributed by atoms with E-state index in [1.165, 1.54) is 30.1 Å². The van der Waals surface area contributed by atoms with E-state index in [-0.39, 0.29) is 19.1 Å². The van der Waals surface area contributed by atoms with Crippen LogP contribution >= 0.6 is 11.8 Å². The molecule has 1 heterocycles. The number of thioether (sulfide) groups is 1. The van der Waals surface area contributed by atoms with Crippen molar-refractivity contribution in [2.24, 2.45) is 0 Å². The summed E-state index contributed by atoms with van der Waals surface area (Å²) in [4.78, 5) is 16.7. The number of alkyl halides is 3. The number of aryl methyl sites for hydroxylation is 1. The van der Waals surface area contributed by atoms with Crippen molar-refractivity contribution in [3.8, 4) is 0 Å². The molecule has 2 N–H and O–H groups in total. The molecule has 0 unspecified atom stereocenters. The SMILES string of the molecule is Cc1ccc(CNC(=O)Cn2c(CO)cnc2SCc2ccc(C(F)(F)F)cc2)cc1. The third-order valence-corrected chi connectivity index (χ3v) is 5.69. The van der Waals surface area contributed by atoms with Gasteiger partial charge in [0.05, 0.1) is 24.1 Å². The van der Waals surface area contributed by atoms with Crippen LogP contribution in [0.25, 0.3) is 0 Å². The highest BCUT2D eigenvalue weighted by atomic mass is 32.2. The Labute approximate surface area is 182 Å². The maximum atomic E-state index is 12.7. The van der Waals surface area contributed by atoms with Crippen molar-refractivity contribution >= 4 is 17.7 Å². The summed E-state index contributed by atoms with van der Waals surface area (Å²) in [5, 5.41) is 12.9. The van der Waals surface area contributed by atoms with E-state index in [0.717, 1.165) is 23.3 Å². The number of halogens is 3. The first-order valence-corrected chi connectivity index (χ1v) is 10.5. The normalized spacial score (nSPS) is 11.5. The molecule has 0 aliphatic carbocycles. The standard InChI is InChI=1S/C22H22F3N3O2S/c1-15-2-4-16(5-3-15)10-26-20(30)12-28-19(13-29)11-27-21(28)31-14-17-6-8-18(9-7-17)22(23,24)25/h2-9,11,29H,10,12-14H2,1H3,(H,26,30). The Morgan fingerprint density at radius 3 is 2.35 bits per heavy atom. The summed E-state index contributed by atoms with van der Waals surface area (Å²) in [5.41, 5.74) is 2.59. The van der Waals surface area contributed by atoms with Crippen molar-refractivity contribution in [3.63, 3.8) is 0 Å². The molecule has 0 atom stereocenters. The largest absolute Gasteiger partial charge is 0.416 e. The molecule has 9 heteroatoms. The number of rotatable bonds is 8. The molecule has 0 radical (unpaired) electrons. The number of imidazole rings is 1. The first kappa shape index (κ1) is 22.9. The molecule has 0 saturated heterocycles. The maximum absolute atomic E-state index is 12.7. The lowest BCUT2D eigenvalue weighted by Gasteiger charge is -2.12. The molecule has 5 nitrogen and oxygen atoms in total. The van der Waals surface area contributed by atoms with Crippen molar-refractivity contribution < 1.29 is 23.1 Å². The van der Waals surface area contributed by atoms with Crippen LogP contribution in [0.2, 0.25) is 0 Å². The molecule has 3 aromatic rings. The van der Waals surface area contributed by atoms with E-state index in [2.05, 4.69) is 10.3 Å². The fourth-order valence-electron chi connectivity index (χ4n) is 2.85. The molecule has 0 fully saturated rings. The van der Waals surface area contributed by atoms with Crippen LogP contribution < -0.4 is 5.32 Å². The number of nitrogens with zero attached hydrogens (tertiary/aromatic N) is 2. The Morgan fingerprint density at radius 1 is 1.10 bits per heavy atom. The number of benzene rings is 2. The number of carbonyl (C=O) groups is 1. The van der Waals surface area contributed by atoms with Crippen LogP contribution in [-0.4, -0.2) is 20.6 Å². The summed E-state index contributed by atoms with van der Waals surface area (Å²) < 4.78 is 39.7. The molecule has 1 aromatic heterocycles. The van der Waals surface area contributed by atoms with Gasteiger partial charge in [-0.25, -0.2) is 4.98 Å². The fraction of sp³-hybridized carbons (Fsp3) is 0.273. The molecule has 0 spiro atoms. The molecule has 3 rings (SSSR count). The Hall–Kier alpha value is -2.78. The lowest BCUT2D eigenvalue weighted by Crippen LogP contribution is -2.28. The number of aromatic nitrogens is 2. The molecule has 0 aliphatic rings. The van der Waals surface area contributed by atoms with Gasteiger partial charge in [0, 0.05) is 12.3 Å². The maximum Gasteiger partial charge on any atom is 0.416 e. The molecule has 31 heavy (non-hydrogen) atoms. The van der Waals surface area contributed by atoms with Crippen molar-refractivity contribution in [1.82, 2.24) is 14.9 Å². The van der Waals surface area contributed by atoms with Gasteiger partial charge in [0.15, 0.2) is 5.16 Å². The van der Waals surface area contributed by atoms with Crippen LogP contribution in [0.4, 0.5) is 13.2 Å². The number of nitrogens with one attached hydrogen (secondary N) is 1. The zero-order chi connectivity index (χ0) is 22.4. The second-order valence-electron chi connectivity index (χ2n) is 7.02. The third kappa shape index (κ3) is 6.35. The first-order valence-electron chi connectivity index (χ1n) is 9.52. The monoisotopic (exact) mass is 449 g/mol. The van der Waals surface area contributed by atoms with Gasteiger partial charge in [0.1, 0.15) is 6.54 Å². The van der Waals surface area contributed by atoms with Gasteiger partial charge in [0.25, 0.3) is 0 Å². The summed E-state index contributed by atoms with van der Waals surface area (Å²) in [6, 6.07) is 12.7. The lowest BCUT2D eigenvalue weighted by molar-refractivity contribution is -0.137. The molecule has 164 valence electrons. The van der Waals surface area contributed by atoms with Crippen LogP contribution in [-0.2, 0) is 36.4 Å². The smallest absolute Gasteiger partial charge is 0.390 e. The average Bonchev–Trinajstić information content (AvgIpc) is 3.13. The number of amides is 1. The van der Waals surface area contributed by atoms with E-state index in [4.69, 9.17) is 0 Å². The molecular weight excluding hydrogens is 427 g/mol. The van der Waals surface area contributed by atoms with Crippen LogP contribution in [0, 0.1) is 6.92 Å². The van der Waals surface area contributed by atoms with Crippen LogP contribution in [0.5, 0.6) is 0 Å². The highest BCUT2D eigenvalue weighted by molar-refractivity contribution is 7.98. The minimum Gasteiger partial charge on any atom is -0.390 e. The zero-order valence-corrected chi connectivity index (χ0v) is 17.6. The van der Waals surface area contributed by atoms with Gasteiger partial charge in [-0.3, -0.25) is 4.79 Å². The van der Waals surface area contributed by atoms with Gasteiger partial charge in [-0.15, -0.1) is 0 Å². The molecule has 2 aromatic carbocycles. The van der Waals surface area contributed by atoms with E-state index >= 15 is 0 Å². The van der Waals surface area contributed by atoms with E-state index in [0.29, 0.717) is 28.7 Å². The van der Waals surface area contributed by atoms with Crippen molar-refractivity contribution in [2.45, 2.75) is 43.7 Å². The summed E-state index contributed by atoms with van der Waals surface area (Å²) in [5.74, 6) is 0.148. The number of aliphatic hydroxyl groups is 1. The van der Waals surface area contributed by atoms with Crippen molar-refractivity contribution in [2.75, 3.05) is 0 Å². The highest BCUT2D eigenvalue weighted by Crippen LogP contribution is 2.30. The number of carbonyl (C=O) groups excluding carboxylic acids is 1. The molecule has 0 saturated carbocycles. The Kier molecular flexibility index (Phi) is 7.40. The predicted molar refractivity (Wildman–Crippen MR) is 112 cm³/mol. The molecular formula is C22H22F3N3O2S. The van der Waals surface area contributed by atoms with E-state index in [1.807, 2.05) is 31.2 Å². The quantitative estimate of drug-likeness (QED) is 0.503. The van der Waals surface area contributed by atoms with Gasteiger partial charge >= 0.3 is 6.18 Å². The van der Waals surface area contributed by atoms with E-state index in [9.17, 15) is 23.1 Å².